The molecule has 0 aromatic carbocycles. The lowest BCUT2D eigenvalue weighted by Gasteiger charge is -2.42. The van der Waals surface area contributed by atoms with Crippen LogP contribution in [-0.2, 0) is 14.3 Å². The van der Waals surface area contributed by atoms with Crippen molar-refractivity contribution in [2.75, 3.05) is 46.5 Å². The summed E-state index contributed by atoms with van der Waals surface area (Å²) in [5, 5.41) is 0. The van der Waals surface area contributed by atoms with Gasteiger partial charge < -0.3 is 19.3 Å². The number of likely N-dealkylation sites (N-methyl/N-ethyl adjacent to an activating group) is 1. The van der Waals surface area contributed by atoms with E-state index >= 15 is 0 Å². The second-order valence-corrected chi connectivity index (χ2v) is 5.74. The van der Waals surface area contributed by atoms with E-state index in [-0.39, 0.29) is 18.4 Å². The molecule has 1 aromatic rings. The van der Waals surface area contributed by atoms with Crippen molar-refractivity contribution in [1.29, 1.82) is 0 Å². The maximum Gasteiger partial charge on any atom is 0.254 e. The van der Waals surface area contributed by atoms with Crippen LogP contribution in [0.5, 0.6) is 0 Å². The third-order valence-electron chi connectivity index (χ3n) is 4.00. The summed E-state index contributed by atoms with van der Waals surface area (Å²) in [5.74, 6) is -0.124. The van der Waals surface area contributed by atoms with Gasteiger partial charge in [0.05, 0.1) is 26.3 Å². The molecule has 1 spiro atoms. The fourth-order valence-corrected chi connectivity index (χ4v) is 2.88. The highest BCUT2D eigenvalue weighted by molar-refractivity contribution is 5.94. The van der Waals surface area contributed by atoms with Crippen LogP contribution in [-0.4, -0.2) is 78.7 Å². The van der Waals surface area contributed by atoms with E-state index in [0.29, 0.717) is 38.4 Å². The molecule has 1 unspecified atom stereocenters. The number of aromatic nitrogens is 1. The number of hydrogen-bond donors (Lipinski definition) is 0. The summed E-state index contributed by atoms with van der Waals surface area (Å²) in [6.45, 7) is 2.16. The molecule has 2 amide bonds. The molecule has 1 atom stereocenters. The Kier molecular flexibility index (Phi) is 4.08. The first-order chi connectivity index (χ1) is 10.6. The van der Waals surface area contributed by atoms with Gasteiger partial charge in [-0.25, -0.2) is 0 Å². The zero-order chi connectivity index (χ0) is 15.6. The first-order valence-electron chi connectivity index (χ1n) is 7.25. The van der Waals surface area contributed by atoms with Crippen LogP contribution in [0.1, 0.15) is 10.4 Å². The van der Waals surface area contributed by atoms with Crippen molar-refractivity contribution in [1.82, 2.24) is 14.8 Å². The molecule has 0 aliphatic carbocycles. The largest absolute Gasteiger partial charge is 0.368 e. The van der Waals surface area contributed by atoms with Crippen molar-refractivity contribution in [2.24, 2.45) is 0 Å². The molecule has 7 heteroatoms. The van der Waals surface area contributed by atoms with E-state index in [1.807, 2.05) is 0 Å². The van der Waals surface area contributed by atoms with E-state index in [1.165, 1.54) is 0 Å². The molecule has 0 N–H and O–H groups in total. The van der Waals surface area contributed by atoms with Crippen LogP contribution < -0.4 is 0 Å². The lowest BCUT2D eigenvalue weighted by atomic mass is 10.0. The van der Waals surface area contributed by atoms with E-state index < -0.39 is 5.60 Å². The topological polar surface area (TPSA) is 72.0 Å². The quantitative estimate of drug-likeness (QED) is 0.717. The maximum atomic E-state index is 12.6. The van der Waals surface area contributed by atoms with E-state index in [0.717, 1.165) is 0 Å². The summed E-state index contributed by atoms with van der Waals surface area (Å²) in [7, 11) is 1.73. The second-order valence-electron chi connectivity index (χ2n) is 5.74. The molecule has 3 rings (SSSR count). The van der Waals surface area contributed by atoms with E-state index in [1.54, 1.807) is 41.4 Å². The van der Waals surface area contributed by atoms with Gasteiger partial charge in [0.2, 0.25) is 5.91 Å². The SMILES string of the molecule is CN1CC2(COCC1=O)CN(C(=O)c1ccncc1)CCO2. The van der Waals surface area contributed by atoms with Gasteiger partial charge >= 0.3 is 0 Å². The van der Waals surface area contributed by atoms with Gasteiger partial charge in [0.1, 0.15) is 12.2 Å². The number of nitrogens with zero attached hydrogens (tertiary/aromatic N) is 3. The van der Waals surface area contributed by atoms with Crippen LogP contribution in [0.15, 0.2) is 24.5 Å². The average molecular weight is 305 g/mol. The monoisotopic (exact) mass is 305 g/mol. The van der Waals surface area contributed by atoms with Crippen LogP contribution in [0.4, 0.5) is 0 Å². The fourth-order valence-electron chi connectivity index (χ4n) is 2.88. The van der Waals surface area contributed by atoms with Crippen molar-refractivity contribution in [3.05, 3.63) is 30.1 Å². The highest BCUT2D eigenvalue weighted by Crippen LogP contribution is 2.23. The second kappa shape index (κ2) is 6.02. The number of amides is 2. The molecule has 2 aliphatic heterocycles. The third-order valence-corrected chi connectivity index (χ3v) is 4.00. The molecular formula is C15H19N3O4. The minimum Gasteiger partial charge on any atom is -0.368 e. The Hall–Kier alpha value is -1.99. The molecule has 118 valence electrons. The van der Waals surface area contributed by atoms with Crippen molar-refractivity contribution in [2.45, 2.75) is 5.60 Å². The average Bonchev–Trinajstić information content (AvgIpc) is 2.67. The Balaban J connectivity index is 1.76. The predicted octanol–water partition coefficient (Wildman–Crippen LogP) is -0.219. The molecule has 1 aromatic heterocycles. The van der Waals surface area contributed by atoms with Crippen LogP contribution >= 0.6 is 0 Å². The number of pyridine rings is 1. The highest BCUT2D eigenvalue weighted by atomic mass is 16.5. The molecule has 2 saturated heterocycles. The van der Waals surface area contributed by atoms with Crippen molar-refractivity contribution in [3.8, 4) is 0 Å². The number of ether oxygens (including phenoxy) is 2. The van der Waals surface area contributed by atoms with Crippen LogP contribution in [0, 0.1) is 0 Å². The Labute approximate surface area is 128 Å². The molecule has 2 aliphatic rings. The number of carbonyl (C=O) groups excluding carboxylic acids is 2. The van der Waals surface area contributed by atoms with E-state index in [4.69, 9.17) is 9.47 Å². The summed E-state index contributed by atoms with van der Waals surface area (Å²) >= 11 is 0. The Morgan fingerprint density at radius 2 is 2.09 bits per heavy atom. The summed E-state index contributed by atoms with van der Waals surface area (Å²) in [6.07, 6.45) is 3.20. The van der Waals surface area contributed by atoms with E-state index in [9.17, 15) is 9.59 Å². The molecule has 0 bridgehead atoms. The van der Waals surface area contributed by atoms with Gasteiger partial charge in [-0.15, -0.1) is 0 Å². The summed E-state index contributed by atoms with van der Waals surface area (Å²) in [6, 6.07) is 3.40. The number of carbonyl (C=O) groups is 2. The van der Waals surface area contributed by atoms with Crippen LogP contribution in [0.2, 0.25) is 0 Å². The third kappa shape index (κ3) is 2.95. The van der Waals surface area contributed by atoms with E-state index in [2.05, 4.69) is 4.98 Å². The van der Waals surface area contributed by atoms with Gasteiger partial charge in [0.25, 0.3) is 5.91 Å². The molecule has 2 fully saturated rings. The summed E-state index contributed by atoms with van der Waals surface area (Å²) in [4.78, 5) is 31.6. The first kappa shape index (κ1) is 14.9. The molecule has 0 saturated carbocycles. The van der Waals surface area contributed by atoms with Gasteiger partial charge in [0, 0.05) is 31.5 Å². The maximum absolute atomic E-state index is 12.6. The first-order valence-corrected chi connectivity index (χ1v) is 7.25. The zero-order valence-corrected chi connectivity index (χ0v) is 12.5. The summed E-state index contributed by atoms with van der Waals surface area (Å²) in [5.41, 5.74) is -0.0481. The molecule has 7 nitrogen and oxygen atoms in total. The lowest BCUT2D eigenvalue weighted by Crippen LogP contribution is -2.59. The Morgan fingerprint density at radius 1 is 1.32 bits per heavy atom. The van der Waals surface area contributed by atoms with Gasteiger partial charge in [0.15, 0.2) is 0 Å². The van der Waals surface area contributed by atoms with Gasteiger partial charge in [-0.3, -0.25) is 14.6 Å². The van der Waals surface area contributed by atoms with Crippen LogP contribution in [0.25, 0.3) is 0 Å². The van der Waals surface area contributed by atoms with Gasteiger partial charge in [-0.1, -0.05) is 0 Å². The number of rotatable bonds is 1. The standard InChI is InChI=1S/C15H19N3O4/c1-17-9-15(11-21-8-13(17)19)10-18(6-7-22-15)14(20)12-2-4-16-5-3-12/h2-5H,6-11H2,1H3. The minimum absolute atomic E-state index is 0.0525. The number of morpholine rings is 1. The van der Waals surface area contributed by atoms with Crippen LogP contribution in [0.3, 0.4) is 0 Å². The molecule has 0 radical (unpaired) electrons. The predicted molar refractivity (Wildman–Crippen MR) is 77.3 cm³/mol. The molecular weight excluding hydrogens is 286 g/mol. The Bertz CT molecular complexity index is 565. The number of hydrogen-bond acceptors (Lipinski definition) is 5. The molecule has 3 heterocycles. The fraction of sp³-hybridized carbons (Fsp3) is 0.533. The van der Waals surface area contributed by atoms with Crippen molar-refractivity contribution in [3.63, 3.8) is 0 Å². The lowest BCUT2D eigenvalue weighted by molar-refractivity contribution is -0.135. The highest BCUT2D eigenvalue weighted by Gasteiger charge is 2.42. The normalized spacial score (nSPS) is 26.1. The smallest absolute Gasteiger partial charge is 0.254 e. The van der Waals surface area contributed by atoms with Crippen molar-refractivity contribution >= 4 is 11.8 Å². The Morgan fingerprint density at radius 3 is 2.86 bits per heavy atom. The van der Waals surface area contributed by atoms with Gasteiger partial charge in [-0.2, -0.15) is 0 Å². The molecule has 22 heavy (non-hydrogen) atoms. The van der Waals surface area contributed by atoms with Crippen molar-refractivity contribution < 1.29 is 19.1 Å². The minimum atomic E-state index is -0.651. The van der Waals surface area contributed by atoms with Gasteiger partial charge in [-0.05, 0) is 12.1 Å². The summed E-state index contributed by atoms with van der Waals surface area (Å²) < 4.78 is 11.3. The zero-order valence-electron chi connectivity index (χ0n) is 12.5.